The average molecular weight is 298 g/mol. The number of amides is 1. The number of nitrogens with zero attached hydrogens (tertiary/aromatic N) is 2. The lowest BCUT2D eigenvalue weighted by atomic mass is 10.0. The maximum absolute atomic E-state index is 12.6. The molecule has 21 heavy (non-hydrogen) atoms. The quantitative estimate of drug-likeness (QED) is 0.870. The van der Waals surface area contributed by atoms with E-state index >= 15 is 0 Å². The molecule has 0 N–H and O–H groups in total. The van der Waals surface area contributed by atoms with Gasteiger partial charge in [-0.15, -0.1) is 0 Å². The molecule has 0 bridgehead atoms. The Bertz CT molecular complexity index is 691. The number of hydrogen-bond acceptors (Lipinski definition) is 3. The molecule has 0 aromatic heterocycles. The fraction of sp³-hybridized carbons (Fsp3) is 0.294. The maximum atomic E-state index is 12.6. The van der Waals surface area contributed by atoms with Crippen LogP contribution in [0.4, 0.5) is 0 Å². The lowest BCUT2D eigenvalue weighted by molar-refractivity contribution is -0.126. The monoisotopic (exact) mass is 298 g/mol. The molecular formula is C17H18N2OS. The third-order valence-electron chi connectivity index (χ3n) is 3.60. The lowest BCUT2D eigenvalue weighted by Crippen LogP contribution is -2.34. The van der Waals surface area contributed by atoms with Crippen LogP contribution in [0, 0.1) is 0 Å². The van der Waals surface area contributed by atoms with Crippen molar-refractivity contribution in [2.24, 2.45) is 4.99 Å². The lowest BCUT2D eigenvalue weighted by Gasteiger charge is -2.18. The summed E-state index contributed by atoms with van der Waals surface area (Å²) >= 11 is 1.64. The van der Waals surface area contributed by atoms with Gasteiger partial charge in [0.05, 0.1) is 13.0 Å². The van der Waals surface area contributed by atoms with E-state index in [0.29, 0.717) is 13.0 Å². The van der Waals surface area contributed by atoms with Crippen LogP contribution in [0.1, 0.15) is 12.5 Å². The molecule has 0 unspecified atom stereocenters. The van der Waals surface area contributed by atoms with Crippen LogP contribution in [0.25, 0.3) is 10.8 Å². The number of carbonyl (C=O) groups excluding carboxylic acids is 1. The van der Waals surface area contributed by atoms with Gasteiger partial charge in [0.1, 0.15) is 0 Å². The predicted molar refractivity (Wildman–Crippen MR) is 89.8 cm³/mol. The van der Waals surface area contributed by atoms with Crippen LogP contribution in [-0.4, -0.2) is 34.8 Å². The molecule has 3 nitrogen and oxygen atoms in total. The first-order valence-electron chi connectivity index (χ1n) is 7.24. The van der Waals surface area contributed by atoms with Crippen molar-refractivity contribution in [1.29, 1.82) is 0 Å². The third kappa shape index (κ3) is 2.95. The molecule has 1 aliphatic rings. The van der Waals surface area contributed by atoms with Gasteiger partial charge in [-0.05, 0) is 22.1 Å². The van der Waals surface area contributed by atoms with Crippen LogP contribution in [-0.2, 0) is 11.2 Å². The Kier molecular flexibility index (Phi) is 4.25. The van der Waals surface area contributed by atoms with E-state index in [1.54, 1.807) is 11.8 Å². The smallest absolute Gasteiger partial charge is 0.233 e. The van der Waals surface area contributed by atoms with Crippen LogP contribution in [0.5, 0.6) is 0 Å². The minimum Gasteiger partial charge on any atom is -0.289 e. The standard InChI is InChI=1S/C17H18N2OS/c1-2-21-17-18-10-11-19(17)16(20)12-14-8-5-7-13-6-3-4-9-15(13)14/h3-9H,2,10-12H2,1H3. The number of carbonyl (C=O) groups is 1. The summed E-state index contributed by atoms with van der Waals surface area (Å²) < 4.78 is 0. The Balaban J connectivity index is 1.82. The summed E-state index contributed by atoms with van der Waals surface area (Å²) in [6.07, 6.45) is 0.435. The molecule has 3 rings (SSSR count). The van der Waals surface area contributed by atoms with Crippen molar-refractivity contribution >= 4 is 33.6 Å². The highest BCUT2D eigenvalue weighted by molar-refractivity contribution is 8.13. The highest BCUT2D eigenvalue weighted by Crippen LogP contribution is 2.21. The first-order valence-corrected chi connectivity index (χ1v) is 8.22. The Morgan fingerprint density at radius 2 is 2.05 bits per heavy atom. The van der Waals surface area contributed by atoms with Crippen molar-refractivity contribution < 1.29 is 4.79 Å². The minimum absolute atomic E-state index is 0.142. The predicted octanol–water partition coefficient (Wildman–Crippen LogP) is 3.33. The van der Waals surface area contributed by atoms with E-state index in [2.05, 4.69) is 30.1 Å². The Labute approximate surface area is 129 Å². The van der Waals surface area contributed by atoms with E-state index in [9.17, 15) is 4.79 Å². The number of thioether (sulfide) groups is 1. The molecule has 1 amide bonds. The van der Waals surface area contributed by atoms with Gasteiger partial charge >= 0.3 is 0 Å². The van der Waals surface area contributed by atoms with Gasteiger partial charge in [-0.1, -0.05) is 61.2 Å². The van der Waals surface area contributed by atoms with Crippen LogP contribution in [0.3, 0.4) is 0 Å². The first-order chi connectivity index (χ1) is 10.3. The number of rotatable bonds is 3. The van der Waals surface area contributed by atoms with Gasteiger partial charge in [-0.25, -0.2) is 0 Å². The van der Waals surface area contributed by atoms with E-state index in [-0.39, 0.29) is 5.91 Å². The topological polar surface area (TPSA) is 32.7 Å². The van der Waals surface area contributed by atoms with Gasteiger partial charge < -0.3 is 0 Å². The van der Waals surface area contributed by atoms with E-state index in [4.69, 9.17) is 0 Å². The fourth-order valence-electron chi connectivity index (χ4n) is 2.62. The van der Waals surface area contributed by atoms with Crippen LogP contribution in [0.15, 0.2) is 47.5 Å². The van der Waals surface area contributed by atoms with Crippen LogP contribution >= 0.6 is 11.8 Å². The molecule has 0 radical (unpaired) electrons. The van der Waals surface area contributed by atoms with Gasteiger partial charge in [-0.2, -0.15) is 0 Å². The fourth-order valence-corrected chi connectivity index (χ4v) is 3.41. The molecule has 2 aromatic carbocycles. The molecule has 0 atom stereocenters. The Morgan fingerprint density at radius 1 is 1.24 bits per heavy atom. The van der Waals surface area contributed by atoms with Gasteiger partial charge in [0.25, 0.3) is 0 Å². The van der Waals surface area contributed by atoms with E-state index in [1.165, 1.54) is 5.39 Å². The van der Waals surface area contributed by atoms with Crippen molar-refractivity contribution in [3.63, 3.8) is 0 Å². The average Bonchev–Trinajstić information content (AvgIpc) is 2.96. The number of aliphatic imine (C=N–C) groups is 1. The summed E-state index contributed by atoms with van der Waals surface area (Å²) in [4.78, 5) is 18.8. The van der Waals surface area contributed by atoms with Gasteiger partial charge in [-0.3, -0.25) is 14.7 Å². The van der Waals surface area contributed by atoms with Crippen LogP contribution in [0.2, 0.25) is 0 Å². The second-order valence-corrected chi connectivity index (χ2v) is 6.19. The molecule has 108 valence electrons. The summed E-state index contributed by atoms with van der Waals surface area (Å²) in [6.45, 7) is 3.52. The molecule has 0 saturated heterocycles. The first kappa shape index (κ1) is 14.1. The normalized spacial score (nSPS) is 14.5. The summed E-state index contributed by atoms with van der Waals surface area (Å²) in [5, 5.41) is 3.22. The van der Waals surface area contributed by atoms with Crippen molar-refractivity contribution in [2.75, 3.05) is 18.8 Å². The van der Waals surface area contributed by atoms with Gasteiger partial charge in [0.15, 0.2) is 5.17 Å². The van der Waals surface area contributed by atoms with Crippen molar-refractivity contribution in [3.8, 4) is 0 Å². The van der Waals surface area contributed by atoms with Gasteiger partial charge in [0, 0.05) is 6.54 Å². The SMILES string of the molecule is CCSC1=NCCN1C(=O)Cc1cccc2ccccc12. The molecule has 0 aliphatic carbocycles. The molecule has 0 fully saturated rings. The zero-order valence-electron chi connectivity index (χ0n) is 12.1. The number of benzene rings is 2. The molecule has 2 aromatic rings. The van der Waals surface area contributed by atoms with E-state index in [1.807, 2.05) is 29.2 Å². The summed E-state index contributed by atoms with van der Waals surface area (Å²) in [6, 6.07) is 14.4. The minimum atomic E-state index is 0.142. The van der Waals surface area contributed by atoms with E-state index < -0.39 is 0 Å². The molecule has 0 spiro atoms. The summed E-state index contributed by atoms with van der Waals surface area (Å²) in [7, 11) is 0. The number of amidine groups is 1. The summed E-state index contributed by atoms with van der Waals surface area (Å²) in [5.41, 5.74) is 1.09. The van der Waals surface area contributed by atoms with Crippen LogP contribution < -0.4 is 0 Å². The zero-order valence-corrected chi connectivity index (χ0v) is 12.9. The zero-order chi connectivity index (χ0) is 14.7. The number of fused-ring (bicyclic) bond motifs is 1. The van der Waals surface area contributed by atoms with Crippen molar-refractivity contribution in [2.45, 2.75) is 13.3 Å². The Morgan fingerprint density at radius 3 is 2.90 bits per heavy atom. The largest absolute Gasteiger partial charge is 0.289 e. The molecule has 4 heteroatoms. The highest BCUT2D eigenvalue weighted by Gasteiger charge is 2.23. The van der Waals surface area contributed by atoms with Crippen molar-refractivity contribution in [3.05, 3.63) is 48.0 Å². The second kappa shape index (κ2) is 6.31. The maximum Gasteiger partial charge on any atom is 0.233 e. The molecule has 1 heterocycles. The summed E-state index contributed by atoms with van der Waals surface area (Å²) in [5.74, 6) is 1.08. The Hall–Kier alpha value is -1.81. The van der Waals surface area contributed by atoms with Gasteiger partial charge in [0.2, 0.25) is 5.91 Å². The molecule has 1 aliphatic heterocycles. The third-order valence-corrected chi connectivity index (χ3v) is 4.49. The second-order valence-electron chi connectivity index (χ2n) is 4.96. The number of hydrogen-bond donors (Lipinski definition) is 0. The molecular weight excluding hydrogens is 280 g/mol. The van der Waals surface area contributed by atoms with E-state index in [0.717, 1.165) is 28.4 Å². The molecule has 0 saturated carbocycles. The van der Waals surface area contributed by atoms with Crippen molar-refractivity contribution in [1.82, 2.24) is 4.90 Å². The highest BCUT2D eigenvalue weighted by atomic mass is 32.2.